The molecule has 106 valence electrons. The molecule has 0 spiro atoms. The molecule has 2 aromatic carbocycles. The van der Waals surface area contributed by atoms with E-state index in [-0.39, 0.29) is 5.82 Å². The van der Waals surface area contributed by atoms with Crippen molar-refractivity contribution in [3.63, 3.8) is 0 Å². The zero-order valence-corrected chi connectivity index (χ0v) is 12.2. The lowest BCUT2D eigenvalue weighted by Crippen LogP contribution is -2.05. The first-order chi connectivity index (χ1) is 9.45. The maximum absolute atomic E-state index is 14.1. The highest BCUT2D eigenvalue weighted by Crippen LogP contribution is 2.31. The molecule has 2 nitrogen and oxygen atoms in total. The molecule has 20 heavy (non-hydrogen) atoms. The molecule has 0 bridgehead atoms. The summed E-state index contributed by atoms with van der Waals surface area (Å²) in [6.45, 7) is 5.51. The molecule has 2 aromatic rings. The third-order valence-electron chi connectivity index (χ3n) is 3.52. The van der Waals surface area contributed by atoms with Gasteiger partial charge in [0.2, 0.25) is 0 Å². The summed E-state index contributed by atoms with van der Waals surface area (Å²) in [6, 6.07) is 8.72. The van der Waals surface area contributed by atoms with Crippen LogP contribution in [0.3, 0.4) is 0 Å². The van der Waals surface area contributed by atoms with Crippen molar-refractivity contribution < 1.29 is 14.2 Å². The number of aliphatic hydroxyl groups excluding tert-OH is 1. The zero-order valence-electron chi connectivity index (χ0n) is 12.2. The fourth-order valence-electron chi connectivity index (χ4n) is 2.52. The second-order valence-corrected chi connectivity index (χ2v) is 5.07. The van der Waals surface area contributed by atoms with Gasteiger partial charge in [-0.2, -0.15) is 0 Å². The fourth-order valence-corrected chi connectivity index (χ4v) is 2.52. The highest BCUT2D eigenvalue weighted by atomic mass is 19.1. The first-order valence-electron chi connectivity index (χ1n) is 6.54. The average Bonchev–Trinajstić information content (AvgIpc) is 2.41. The lowest BCUT2D eigenvalue weighted by atomic mass is 9.96. The molecule has 0 radical (unpaired) electrons. The number of hydrogen-bond acceptors (Lipinski definition) is 2. The van der Waals surface area contributed by atoms with E-state index < -0.39 is 6.10 Å². The van der Waals surface area contributed by atoms with Gasteiger partial charge in [0.15, 0.2) is 0 Å². The highest BCUT2D eigenvalue weighted by Gasteiger charge is 2.18. The van der Waals surface area contributed by atoms with Crippen LogP contribution in [0.5, 0.6) is 5.75 Å². The quantitative estimate of drug-likeness (QED) is 0.921. The van der Waals surface area contributed by atoms with Crippen molar-refractivity contribution in [2.75, 3.05) is 7.11 Å². The van der Waals surface area contributed by atoms with Crippen LogP contribution < -0.4 is 4.74 Å². The van der Waals surface area contributed by atoms with Crippen molar-refractivity contribution in [1.82, 2.24) is 0 Å². The highest BCUT2D eigenvalue weighted by molar-refractivity contribution is 5.46. The Kier molecular flexibility index (Phi) is 4.09. The maximum atomic E-state index is 14.1. The molecule has 3 heteroatoms. The van der Waals surface area contributed by atoms with Gasteiger partial charge in [-0.05, 0) is 55.2 Å². The van der Waals surface area contributed by atoms with Crippen LogP contribution in [-0.4, -0.2) is 12.2 Å². The van der Waals surface area contributed by atoms with Crippen LogP contribution in [0.4, 0.5) is 4.39 Å². The SMILES string of the molecule is COc1c(C)cc(C(O)c2cccc(C)c2F)cc1C. The second kappa shape index (κ2) is 5.63. The van der Waals surface area contributed by atoms with Crippen LogP contribution in [0.25, 0.3) is 0 Å². The molecular weight excluding hydrogens is 255 g/mol. The van der Waals surface area contributed by atoms with Crippen LogP contribution in [0.2, 0.25) is 0 Å². The van der Waals surface area contributed by atoms with Crippen molar-refractivity contribution in [1.29, 1.82) is 0 Å². The third kappa shape index (κ3) is 2.54. The Morgan fingerprint density at radius 3 is 2.20 bits per heavy atom. The van der Waals surface area contributed by atoms with Crippen LogP contribution in [0.15, 0.2) is 30.3 Å². The number of rotatable bonds is 3. The lowest BCUT2D eigenvalue weighted by molar-refractivity contribution is 0.214. The van der Waals surface area contributed by atoms with E-state index in [0.717, 1.165) is 16.9 Å². The molecule has 2 rings (SSSR count). The Morgan fingerprint density at radius 1 is 1.05 bits per heavy atom. The number of aryl methyl sites for hydroxylation is 3. The summed E-state index contributed by atoms with van der Waals surface area (Å²) in [5.74, 6) is 0.441. The van der Waals surface area contributed by atoms with Gasteiger partial charge < -0.3 is 9.84 Å². The molecule has 0 aromatic heterocycles. The van der Waals surface area contributed by atoms with E-state index in [1.54, 1.807) is 32.2 Å². The number of methoxy groups -OCH3 is 1. The predicted octanol–water partition coefficient (Wildman–Crippen LogP) is 3.84. The molecule has 0 aliphatic rings. The number of hydrogen-bond donors (Lipinski definition) is 1. The number of aliphatic hydroxyl groups is 1. The summed E-state index contributed by atoms with van der Waals surface area (Å²) < 4.78 is 19.4. The van der Waals surface area contributed by atoms with Gasteiger partial charge in [0, 0.05) is 5.56 Å². The van der Waals surface area contributed by atoms with Gasteiger partial charge in [-0.25, -0.2) is 4.39 Å². The average molecular weight is 274 g/mol. The minimum Gasteiger partial charge on any atom is -0.496 e. The van der Waals surface area contributed by atoms with Gasteiger partial charge in [-0.3, -0.25) is 0 Å². The third-order valence-corrected chi connectivity index (χ3v) is 3.52. The van der Waals surface area contributed by atoms with E-state index in [2.05, 4.69) is 0 Å². The Hall–Kier alpha value is -1.87. The number of ether oxygens (including phenoxy) is 1. The monoisotopic (exact) mass is 274 g/mol. The molecule has 0 aliphatic carbocycles. The van der Waals surface area contributed by atoms with Gasteiger partial charge >= 0.3 is 0 Å². The normalized spacial score (nSPS) is 12.3. The van der Waals surface area contributed by atoms with Crippen molar-refractivity contribution >= 4 is 0 Å². The Morgan fingerprint density at radius 2 is 1.65 bits per heavy atom. The molecule has 0 heterocycles. The molecule has 0 saturated carbocycles. The van der Waals surface area contributed by atoms with E-state index in [1.165, 1.54) is 0 Å². The van der Waals surface area contributed by atoms with Crippen molar-refractivity contribution in [2.45, 2.75) is 26.9 Å². The van der Waals surface area contributed by atoms with Gasteiger partial charge in [0.1, 0.15) is 17.7 Å². The summed E-state index contributed by atoms with van der Waals surface area (Å²) in [5, 5.41) is 10.4. The molecule has 0 aliphatic heterocycles. The Bertz CT molecular complexity index is 612. The molecule has 0 amide bonds. The van der Waals surface area contributed by atoms with Crippen LogP contribution in [0.1, 0.15) is 33.9 Å². The van der Waals surface area contributed by atoms with Crippen LogP contribution in [0, 0.1) is 26.6 Å². The first-order valence-corrected chi connectivity index (χ1v) is 6.54. The first kappa shape index (κ1) is 14.5. The van der Waals surface area contributed by atoms with Crippen LogP contribution in [-0.2, 0) is 0 Å². The largest absolute Gasteiger partial charge is 0.496 e. The molecule has 0 fully saturated rings. The van der Waals surface area contributed by atoms with E-state index in [0.29, 0.717) is 16.7 Å². The lowest BCUT2D eigenvalue weighted by Gasteiger charge is -2.17. The summed E-state index contributed by atoms with van der Waals surface area (Å²) in [5.41, 5.74) is 3.35. The van der Waals surface area contributed by atoms with Gasteiger partial charge in [-0.15, -0.1) is 0 Å². The van der Waals surface area contributed by atoms with E-state index >= 15 is 0 Å². The minimum absolute atomic E-state index is 0.300. The maximum Gasteiger partial charge on any atom is 0.132 e. The Balaban J connectivity index is 2.49. The zero-order chi connectivity index (χ0) is 14.9. The Labute approximate surface area is 118 Å². The smallest absolute Gasteiger partial charge is 0.132 e. The molecule has 1 N–H and O–H groups in total. The van der Waals surface area contributed by atoms with Crippen molar-refractivity contribution in [3.8, 4) is 5.75 Å². The summed E-state index contributed by atoms with van der Waals surface area (Å²) >= 11 is 0. The minimum atomic E-state index is -0.974. The van der Waals surface area contributed by atoms with Gasteiger partial charge in [0.05, 0.1) is 7.11 Å². The standard InChI is InChI=1S/C17H19FO2/c1-10-6-5-7-14(15(10)18)16(19)13-8-11(2)17(20-4)12(3)9-13/h5-9,16,19H,1-4H3. The van der Waals surface area contributed by atoms with E-state index in [9.17, 15) is 9.50 Å². The molecule has 1 atom stereocenters. The van der Waals surface area contributed by atoms with E-state index in [1.807, 2.05) is 26.0 Å². The topological polar surface area (TPSA) is 29.5 Å². The number of halogens is 1. The van der Waals surface area contributed by atoms with Gasteiger partial charge in [0.25, 0.3) is 0 Å². The summed E-state index contributed by atoms with van der Waals surface area (Å²) in [4.78, 5) is 0. The number of benzene rings is 2. The molecule has 1 unspecified atom stereocenters. The molecule has 0 saturated heterocycles. The molecular formula is C17H19FO2. The summed E-state index contributed by atoms with van der Waals surface area (Å²) in [6.07, 6.45) is -0.974. The van der Waals surface area contributed by atoms with E-state index in [4.69, 9.17) is 4.74 Å². The second-order valence-electron chi connectivity index (χ2n) is 5.07. The summed E-state index contributed by atoms with van der Waals surface area (Å²) in [7, 11) is 1.62. The van der Waals surface area contributed by atoms with Crippen molar-refractivity contribution in [3.05, 3.63) is 64.0 Å². The van der Waals surface area contributed by atoms with Gasteiger partial charge in [-0.1, -0.05) is 18.2 Å². The predicted molar refractivity (Wildman–Crippen MR) is 77.7 cm³/mol. The fraction of sp³-hybridized carbons (Fsp3) is 0.294. The van der Waals surface area contributed by atoms with Crippen LogP contribution >= 0.6 is 0 Å². The van der Waals surface area contributed by atoms with Crippen molar-refractivity contribution in [2.24, 2.45) is 0 Å².